The lowest BCUT2D eigenvalue weighted by Crippen LogP contribution is -2.20. The first-order valence-electron chi connectivity index (χ1n) is 7.40. The van der Waals surface area contributed by atoms with Crippen LogP contribution < -0.4 is 4.80 Å². The predicted molar refractivity (Wildman–Crippen MR) is 95.4 cm³/mol. The van der Waals surface area contributed by atoms with Crippen molar-refractivity contribution in [2.24, 2.45) is 4.99 Å². The Bertz CT molecular complexity index is 916. The molecule has 0 aliphatic carbocycles. The topological polar surface area (TPSA) is 96.0 Å². The largest absolute Gasteiger partial charge is 0.494 e. The number of rotatable bonds is 5. The fourth-order valence-corrected chi connectivity index (χ4v) is 3.73. The third kappa shape index (κ3) is 3.85. The Labute approximate surface area is 150 Å². The van der Waals surface area contributed by atoms with Crippen molar-refractivity contribution in [3.63, 3.8) is 0 Å². The smallest absolute Gasteiger partial charge is 0.317 e. The molecule has 0 spiro atoms. The van der Waals surface area contributed by atoms with Crippen LogP contribution in [-0.2, 0) is 20.8 Å². The number of nitro benzene ring substituents is 1. The molecule has 1 aliphatic rings. The molecule has 0 bridgehead atoms. The molecule has 0 N–H and O–H groups in total. The van der Waals surface area contributed by atoms with Crippen LogP contribution in [0.3, 0.4) is 0 Å². The van der Waals surface area contributed by atoms with Gasteiger partial charge in [0, 0.05) is 24.4 Å². The number of nitro groups is 1. The number of carbonyl (C=O) groups is 1. The first-order chi connectivity index (χ1) is 12.1. The second-order valence-corrected chi connectivity index (χ2v) is 7.05. The zero-order valence-electron chi connectivity index (χ0n) is 13.3. The van der Waals surface area contributed by atoms with Crippen LogP contribution in [0.4, 0.5) is 5.69 Å². The Morgan fingerprint density at radius 3 is 3.00 bits per heavy atom. The minimum atomic E-state index is -0.529. The van der Waals surface area contributed by atoms with Gasteiger partial charge in [-0.15, -0.1) is 0 Å². The molecule has 0 unspecified atom stereocenters. The second kappa shape index (κ2) is 7.70. The highest BCUT2D eigenvalue weighted by Crippen LogP contribution is 2.23. The number of carbonyl (C=O) groups excluding carboxylic acids is 1. The van der Waals surface area contributed by atoms with E-state index in [0.29, 0.717) is 29.3 Å². The summed E-state index contributed by atoms with van der Waals surface area (Å²) in [4.78, 5) is 27.4. The summed E-state index contributed by atoms with van der Waals surface area (Å²) in [5.41, 5.74) is 0.821. The minimum Gasteiger partial charge on any atom is -0.494 e. The summed E-state index contributed by atoms with van der Waals surface area (Å²) >= 11 is 2.90. The molecule has 0 saturated carbocycles. The van der Waals surface area contributed by atoms with Gasteiger partial charge in [0.2, 0.25) is 5.76 Å². The number of ether oxygens (including phenoxy) is 2. The normalized spacial score (nSPS) is 14.8. The maximum absolute atomic E-state index is 12.3. The third-order valence-corrected chi connectivity index (χ3v) is 5.09. The summed E-state index contributed by atoms with van der Waals surface area (Å²) < 4.78 is 12.9. The van der Waals surface area contributed by atoms with Gasteiger partial charge in [0.1, 0.15) is 19.5 Å². The molecule has 1 amide bonds. The first kappa shape index (κ1) is 17.5. The van der Waals surface area contributed by atoms with Crippen LogP contribution in [0, 0.1) is 10.1 Å². The standard InChI is InChI=1S/C15H15N3O5S2/c1-24-7-4-17-11-3-2-10(18(20)21)8-13(11)25-15(17)16-14(19)12-9-22-5-6-23-12/h2-3,8-9H,4-7H2,1H3. The monoisotopic (exact) mass is 381 g/mol. The molecule has 10 heteroatoms. The van der Waals surface area contributed by atoms with E-state index in [4.69, 9.17) is 9.47 Å². The van der Waals surface area contributed by atoms with E-state index in [9.17, 15) is 14.9 Å². The molecule has 25 heavy (non-hydrogen) atoms. The lowest BCUT2D eigenvalue weighted by Gasteiger charge is -2.12. The van der Waals surface area contributed by atoms with Crippen molar-refractivity contribution in [3.8, 4) is 0 Å². The van der Waals surface area contributed by atoms with Crippen molar-refractivity contribution in [2.45, 2.75) is 6.54 Å². The van der Waals surface area contributed by atoms with Crippen molar-refractivity contribution in [1.29, 1.82) is 0 Å². The Morgan fingerprint density at radius 1 is 1.48 bits per heavy atom. The Morgan fingerprint density at radius 2 is 2.32 bits per heavy atom. The summed E-state index contributed by atoms with van der Waals surface area (Å²) in [6.45, 7) is 1.34. The summed E-state index contributed by atoms with van der Waals surface area (Å²) in [5, 5.41) is 11.0. The van der Waals surface area contributed by atoms with Gasteiger partial charge in [-0.05, 0) is 12.3 Å². The molecule has 1 aromatic carbocycles. The van der Waals surface area contributed by atoms with Crippen LogP contribution in [0.15, 0.2) is 35.2 Å². The number of hydrogen-bond acceptors (Lipinski definition) is 7. The number of benzene rings is 1. The van der Waals surface area contributed by atoms with Gasteiger partial charge in [0.15, 0.2) is 4.80 Å². The van der Waals surface area contributed by atoms with Crippen LogP contribution in [0.25, 0.3) is 10.2 Å². The summed E-state index contributed by atoms with van der Waals surface area (Å²) in [6.07, 6.45) is 3.25. The lowest BCUT2D eigenvalue weighted by atomic mass is 10.3. The number of non-ortho nitro benzene ring substituents is 1. The van der Waals surface area contributed by atoms with E-state index in [1.807, 2.05) is 10.8 Å². The fourth-order valence-electron chi connectivity index (χ4n) is 2.28. The van der Waals surface area contributed by atoms with E-state index in [-0.39, 0.29) is 11.4 Å². The average molecular weight is 381 g/mol. The Hall–Kier alpha value is -2.33. The molecule has 0 fully saturated rings. The molecule has 0 atom stereocenters. The van der Waals surface area contributed by atoms with E-state index < -0.39 is 10.8 Å². The molecule has 0 radical (unpaired) electrons. The Kier molecular flexibility index (Phi) is 5.39. The van der Waals surface area contributed by atoms with Crippen LogP contribution >= 0.6 is 23.1 Å². The number of thiazole rings is 1. The van der Waals surface area contributed by atoms with Crippen molar-refractivity contribution in [1.82, 2.24) is 4.57 Å². The van der Waals surface area contributed by atoms with E-state index in [1.165, 1.54) is 29.7 Å². The van der Waals surface area contributed by atoms with Crippen LogP contribution in [0.2, 0.25) is 0 Å². The third-order valence-electron chi connectivity index (χ3n) is 3.45. The van der Waals surface area contributed by atoms with Gasteiger partial charge in [-0.2, -0.15) is 16.8 Å². The Balaban J connectivity index is 2.08. The van der Waals surface area contributed by atoms with Gasteiger partial charge in [-0.1, -0.05) is 11.3 Å². The lowest BCUT2D eigenvalue weighted by molar-refractivity contribution is -0.384. The number of aryl methyl sites for hydroxylation is 1. The quantitative estimate of drug-likeness (QED) is 0.582. The predicted octanol–water partition coefficient (Wildman–Crippen LogP) is 2.29. The zero-order valence-corrected chi connectivity index (χ0v) is 15.0. The highest BCUT2D eigenvalue weighted by molar-refractivity contribution is 7.98. The van der Waals surface area contributed by atoms with Gasteiger partial charge in [0.25, 0.3) is 5.69 Å². The number of fused-ring (bicyclic) bond motifs is 1. The molecule has 132 valence electrons. The van der Waals surface area contributed by atoms with E-state index in [1.54, 1.807) is 17.8 Å². The summed E-state index contributed by atoms with van der Waals surface area (Å²) in [7, 11) is 0. The van der Waals surface area contributed by atoms with Gasteiger partial charge < -0.3 is 14.0 Å². The molecule has 2 aromatic rings. The molecular formula is C15H15N3O5S2. The SMILES string of the molecule is CSCCn1c(=NC(=O)C2=COCCO2)sc2cc([N+](=O)[O-])ccc21. The molecule has 8 nitrogen and oxygen atoms in total. The maximum atomic E-state index is 12.3. The number of amides is 1. The number of thioether (sulfide) groups is 1. The summed E-state index contributed by atoms with van der Waals surface area (Å²) in [5.74, 6) is 0.358. The van der Waals surface area contributed by atoms with Gasteiger partial charge in [-0.3, -0.25) is 14.9 Å². The molecule has 3 rings (SSSR count). The average Bonchev–Trinajstić information content (AvgIpc) is 2.96. The van der Waals surface area contributed by atoms with E-state index in [0.717, 1.165) is 11.3 Å². The van der Waals surface area contributed by atoms with Crippen molar-refractivity contribution >= 4 is 44.9 Å². The molecular weight excluding hydrogens is 366 g/mol. The van der Waals surface area contributed by atoms with Crippen molar-refractivity contribution in [2.75, 3.05) is 25.2 Å². The highest BCUT2D eigenvalue weighted by atomic mass is 32.2. The summed E-state index contributed by atoms with van der Waals surface area (Å²) in [6, 6.07) is 4.64. The number of nitrogens with zero attached hydrogens (tertiary/aromatic N) is 3. The van der Waals surface area contributed by atoms with Gasteiger partial charge >= 0.3 is 5.91 Å². The maximum Gasteiger partial charge on any atom is 0.317 e. The van der Waals surface area contributed by atoms with E-state index >= 15 is 0 Å². The van der Waals surface area contributed by atoms with Gasteiger partial charge in [0.05, 0.1) is 15.1 Å². The zero-order chi connectivity index (χ0) is 17.8. The van der Waals surface area contributed by atoms with Crippen molar-refractivity contribution < 1.29 is 19.2 Å². The molecule has 1 aromatic heterocycles. The molecule has 1 aliphatic heterocycles. The number of hydrogen-bond donors (Lipinski definition) is 0. The van der Waals surface area contributed by atoms with Crippen LogP contribution in [0.1, 0.15) is 0 Å². The van der Waals surface area contributed by atoms with Crippen molar-refractivity contribution in [3.05, 3.63) is 45.1 Å². The number of aromatic nitrogens is 1. The van der Waals surface area contributed by atoms with E-state index in [2.05, 4.69) is 4.99 Å². The fraction of sp³-hybridized carbons (Fsp3) is 0.333. The highest BCUT2D eigenvalue weighted by Gasteiger charge is 2.16. The first-order valence-corrected chi connectivity index (χ1v) is 9.61. The van der Waals surface area contributed by atoms with Crippen LogP contribution in [0.5, 0.6) is 0 Å². The molecule has 2 heterocycles. The second-order valence-electron chi connectivity index (χ2n) is 5.06. The van der Waals surface area contributed by atoms with Gasteiger partial charge in [-0.25, -0.2) is 0 Å². The minimum absolute atomic E-state index is 0.00960. The molecule has 0 saturated heterocycles. The van der Waals surface area contributed by atoms with Crippen LogP contribution in [-0.4, -0.2) is 40.6 Å².